The van der Waals surface area contributed by atoms with Crippen LogP contribution in [0.2, 0.25) is 0 Å². The molecular formula is C10H15N3. The van der Waals surface area contributed by atoms with Gasteiger partial charge in [0.2, 0.25) is 0 Å². The third kappa shape index (κ3) is 2.60. The molecule has 0 fully saturated rings. The van der Waals surface area contributed by atoms with Crippen LogP contribution in [0, 0.1) is 19.3 Å². The van der Waals surface area contributed by atoms with E-state index in [0.29, 0.717) is 6.54 Å². The van der Waals surface area contributed by atoms with Gasteiger partial charge in [-0.15, -0.1) is 6.42 Å². The lowest BCUT2D eigenvalue weighted by atomic mass is 10.3. The smallest absolute Gasteiger partial charge is 0.0597 e. The van der Waals surface area contributed by atoms with Crippen molar-refractivity contribution in [3.8, 4) is 12.3 Å². The average Bonchev–Trinajstić information content (AvgIpc) is 2.47. The Morgan fingerprint density at radius 1 is 1.69 bits per heavy atom. The largest absolute Gasteiger partial charge is 0.301 e. The van der Waals surface area contributed by atoms with Crippen LogP contribution in [-0.2, 0) is 13.1 Å². The third-order valence-corrected chi connectivity index (χ3v) is 1.82. The molecule has 0 aliphatic carbocycles. The van der Waals surface area contributed by atoms with Gasteiger partial charge in [-0.05, 0) is 19.9 Å². The zero-order chi connectivity index (χ0) is 9.68. The van der Waals surface area contributed by atoms with Crippen molar-refractivity contribution in [1.29, 1.82) is 0 Å². The van der Waals surface area contributed by atoms with Crippen molar-refractivity contribution in [2.75, 3.05) is 6.54 Å². The predicted molar refractivity (Wildman–Crippen MR) is 53.2 cm³/mol. The quantitative estimate of drug-likeness (QED) is 0.548. The first-order chi connectivity index (χ1) is 6.27. The Hall–Kier alpha value is -1.27. The molecule has 0 amide bonds. The fourth-order valence-electron chi connectivity index (χ4n) is 1.28. The molecule has 0 atom stereocenters. The molecule has 1 N–H and O–H groups in total. The maximum absolute atomic E-state index is 5.13. The van der Waals surface area contributed by atoms with E-state index in [0.717, 1.165) is 18.8 Å². The second-order valence-corrected chi connectivity index (χ2v) is 2.90. The number of rotatable bonds is 4. The first kappa shape index (κ1) is 9.82. The molecule has 0 bridgehead atoms. The highest BCUT2D eigenvalue weighted by Gasteiger charge is 2.01. The maximum atomic E-state index is 5.13. The van der Waals surface area contributed by atoms with Crippen LogP contribution in [0.1, 0.15) is 18.3 Å². The molecular weight excluding hydrogens is 162 g/mol. The standard InChI is InChI=1S/C10H15N3/c1-4-6-11-8-10-7-9(3)12-13(10)5-2/h1,7,11H,5-6,8H2,2-3H3. The highest BCUT2D eigenvalue weighted by Crippen LogP contribution is 2.02. The molecule has 1 aromatic heterocycles. The molecule has 1 rings (SSSR count). The van der Waals surface area contributed by atoms with Crippen LogP contribution in [0.15, 0.2) is 6.07 Å². The van der Waals surface area contributed by atoms with Crippen molar-refractivity contribution in [3.05, 3.63) is 17.5 Å². The summed E-state index contributed by atoms with van der Waals surface area (Å²) in [4.78, 5) is 0. The van der Waals surface area contributed by atoms with Gasteiger partial charge in [0.15, 0.2) is 0 Å². The maximum Gasteiger partial charge on any atom is 0.0597 e. The van der Waals surface area contributed by atoms with E-state index in [-0.39, 0.29) is 0 Å². The molecule has 3 nitrogen and oxygen atoms in total. The summed E-state index contributed by atoms with van der Waals surface area (Å²) in [5.41, 5.74) is 2.25. The van der Waals surface area contributed by atoms with E-state index in [1.165, 1.54) is 5.69 Å². The molecule has 70 valence electrons. The van der Waals surface area contributed by atoms with Gasteiger partial charge in [0.1, 0.15) is 0 Å². The van der Waals surface area contributed by atoms with Crippen LogP contribution in [-0.4, -0.2) is 16.3 Å². The second-order valence-electron chi connectivity index (χ2n) is 2.90. The normalized spacial score (nSPS) is 9.92. The second kappa shape index (κ2) is 4.68. The summed E-state index contributed by atoms with van der Waals surface area (Å²) in [5.74, 6) is 2.54. The minimum atomic E-state index is 0.605. The van der Waals surface area contributed by atoms with Crippen molar-refractivity contribution in [1.82, 2.24) is 15.1 Å². The van der Waals surface area contributed by atoms with E-state index < -0.39 is 0 Å². The van der Waals surface area contributed by atoms with Gasteiger partial charge in [-0.1, -0.05) is 5.92 Å². The number of hydrogen-bond donors (Lipinski definition) is 1. The Kier molecular flexibility index (Phi) is 3.53. The van der Waals surface area contributed by atoms with Crippen molar-refractivity contribution in [2.24, 2.45) is 0 Å². The van der Waals surface area contributed by atoms with Gasteiger partial charge in [-0.3, -0.25) is 4.68 Å². The Labute approximate surface area is 79.1 Å². The molecule has 1 aromatic rings. The lowest BCUT2D eigenvalue weighted by Gasteiger charge is -2.03. The van der Waals surface area contributed by atoms with Crippen LogP contribution in [0.25, 0.3) is 0 Å². The molecule has 3 heteroatoms. The molecule has 0 aliphatic rings. The molecule has 0 radical (unpaired) electrons. The fraction of sp³-hybridized carbons (Fsp3) is 0.500. The van der Waals surface area contributed by atoms with Crippen molar-refractivity contribution in [2.45, 2.75) is 26.9 Å². The van der Waals surface area contributed by atoms with Gasteiger partial charge in [0.25, 0.3) is 0 Å². The number of hydrogen-bond acceptors (Lipinski definition) is 2. The van der Waals surface area contributed by atoms with Gasteiger partial charge in [-0.2, -0.15) is 5.10 Å². The van der Waals surface area contributed by atoms with E-state index in [9.17, 15) is 0 Å². The number of nitrogens with zero attached hydrogens (tertiary/aromatic N) is 2. The summed E-state index contributed by atoms with van der Waals surface area (Å²) in [7, 11) is 0. The molecule has 0 aromatic carbocycles. The van der Waals surface area contributed by atoms with Gasteiger partial charge >= 0.3 is 0 Å². The van der Waals surface area contributed by atoms with Crippen LogP contribution >= 0.6 is 0 Å². The molecule has 0 spiro atoms. The summed E-state index contributed by atoms with van der Waals surface area (Å²) >= 11 is 0. The third-order valence-electron chi connectivity index (χ3n) is 1.82. The van der Waals surface area contributed by atoms with Crippen molar-refractivity contribution >= 4 is 0 Å². The number of aromatic nitrogens is 2. The number of terminal acetylenes is 1. The summed E-state index contributed by atoms with van der Waals surface area (Å²) < 4.78 is 1.98. The van der Waals surface area contributed by atoms with Gasteiger partial charge < -0.3 is 5.32 Å². The minimum Gasteiger partial charge on any atom is -0.301 e. The van der Waals surface area contributed by atoms with E-state index in [2.05, 4.69) is 29.3 Å². The van der Waals surface area contributed by atoms with Gasteiger partial charge in [0, 0.05) is 13.1 Å². The Morgan fingerprint density at radius 2 is 2.46 bits per heavy atom. The monoisotopic (exact) mass is 177 g/mol. The zero-order valence-electron chi connectivity index (χ0n) is 8.17. The Bertz CT molecular complexity index is 306. The van der Waals surface area contributed by atoms with Crippen LogP contribution < -0.4 is 5.32 Å². The van der Waals surface area contributed by atoms with Crippen molar-refractivity contribution in [3.63, 3.8) is 0 Å². The summed E-state index contributed by atoms with van der Waals surface area (Å²) in [6, 6.07) is 2.08. The van der Waals surface area contributed by atoms with Gasteiger partial charge in [0.05, 0.1) is 17.9 Å². The average molecular weight is 177 g/mol. The van der Waals surface area contributed by atoms with Crippen LogP contribution in [0.5, 0.6) is 0 Å². The molecule has 0 saturated carbocycles. The molecule has 0 unspecified atom stereocenters. The lowest BCUT2D eigenvalue weighted by Crippen LogP contribution is -2.16. The predicted octanol–water partition coefficient (Wildman–Crippen LogP) is 0.934. The van der Waals surface area contributed by atoms with Crippen molar-refractivity contribution < 1.29 is 0 Å². The van der Waals surface area contributed by atoms with E-state index in [4.69, 9.17) is 6.42 Å². The first-order valence-electron chi connectivity index (χ1n) is 4.45. The minimum absolute atomic E-state index is 0.605. The zero-order valence-corrected chi connectivity index (χ0v) is 8.17. The Balaban J connectivity index is 2.59. The highest BCUT2D eigenvalue weighted by molar-refractivity contribution is 5.08. The SMILES string of the molecule is C#CCNCc1cc(C)nn1CC. The number of nitrogens with one attached hydrogen (secondary N) is 1. The first-order valence-corrected chi connectivity index (χ1v) is 4.45. The molecule has 13 heavy (non-hydrogen) atoms. The van der Waals surface area contributed by atoms with E-state index in [1.54, 1.807) is 0 Å². The topological polar surface area (TPSA) is 29.9 Å². The summed E-state index contributed by atoms with van der Waals surface area (Å²) in [5, 5.41) is 7.48. The summed E-state index contributed by atoms with van der Waals surface area (Å²) in [6.07, 6.45) is 5.13. The Morgan fingerprint density at radius 3 is 3.08 bits per heavy atom. The highest BCUT2D eigenvalue weighted by atomic mass is 15.3. The summed E-state index contributed by atoms with van der Waals surface area (Å²) in [6.45, 7) is 6.38. The van der Waals surface area contributed by atoms with Gasteiger partial charge in [-0.25, -0.2) is 0 Å². The van der Waals surface area contributed by atoms with Crippen LogP contribution in [0.4, 0.5) is 0 Å². The van der Waals surface area contributed by atoms with Crippen LogP contribution in [0.3, 0.4) is 0 Å². The van der Waals surface area contributed by atoms with E-state index >= 15 is 0 Å². The molecule has 0 saturated heterocycles. The lowest BCUT2D eigenvalue weighted by molar-refractivity contribution is 0.594. The fourth-order valence-corrected chi connectivity index (χ4v) is 1.28. The molecule has 1 heterocycles. The van der Waals surface area contributed by atoms with E-state index in [1.807, 2.05) is 11.6 Å². The number of aryl methyl sites for hydroxylation is 2. The molecule has 0 aliphatic heterocycles.